The van der Waals surface area contributed by atoms with Crippen LogP contribution < -0.4 is 5.32 Å². The van der Waals surface area contributed by atoms with E-state index in [4.69, 9.17) is 16.3 Å². The van der Waals surface area contributed by atoms with Crippen LogP contribution in [0.1, 0.15) is 23.6 Å². The van der Waals surface area contributed by atoms with Gasteiger partial charge in [-0.05, 0) is 18.6 Å². The molecular weight excluding hydrogens is 268 g/mol. The number of nitrogens with one attached hydrogen (secondary N) is 1. The van der Waals surface area contributed by atoms with E-state index in [0.29, 0.717) is 22.6 Å². The van der Waals surface area contributed by atoms with E-state index in [1.165, 1.54) is 0 Å². The third-order valence-electron chi connectivity index (χ3n) is 2.60. The lowest BCUT2D eigenvalue weighted by atomic mass is 10.0. The number of carbonyl (C=O) groups excluding carboxylic acids is 1. The third-order valence-corrected chi connectivity index (χ3v) is 2.93. The molecule has 17 heavy (non-hydrogen) atoms. The molecule has 1 aromatic rings. The van der Waals surface area contributed by atoms with Crippen LogP contribution in [0.25, 0.3) is 0 Å². The first-order chi connectivity index (χ1) is 7.59. The second-order valence-corrected chi connectivity index (χ2v) is 4.12. The smallest absolute Gasteiger partial charge is 0.407 e. The number of ether oxygens (including phenoxy) is 1. The maximum Gasteiger partial charge on any atom is 0.407 e. The molecule has 0 spiro atoms. The van der Waals surface area contributed by atoms with E-state index in [1.54, 1.807) is 19.1 Å². The minimum absolute atomic E-state index is 0. The molecule has 1 amide bonds. The molecule has 1 saturated heterocycles. The molecule has 2 rings (SSSR count). The number of alkyl carbamates (subject to hydrolysis) is 1. The predicted octanol–water partition coefficient (Wildman–Crippen LogP) is 3.38. The lowest BCUT2D eigenvalue weighted by Gasteiger charge is -2.25. The predicted molar refractivity (Wildman–Crippen MR) is 65.2 cm³/mol. The lowest BCUT2D eigenvalue weighted by Crippen LogP contribution is -2.36. The average molecular weight is 280 g/mol. The molecule has 1 atom stereocenters. The molecular formula is C11H12Cl2FNO2. The maximum absolute atomic E-state index is 13.9. The van der Waals surface area contributed by atoms with Crippen LogP contribution >= 0.6 is 24.0 Å². The molecule has 1 fully saturated rings. The Kier molecular flexibility index (Phi) is 4.60. The standard InChI is InChI=1S/C11H11ClFNO2.ClH/c1-6-2-3-7(12)9(10(6)13)8-4-5-16-11(15)14-8;/h2-3,8H,4-5H2,1H3,(H,14,15);1H/t8-;/m1./s1. The van der Waals surface area contributed by atoms with Crippen LogP contribution in [0.15, 0.2) is 12.1 Å². The van der Waals surface area contributed by atoms with Crippen LogP contribution in [0.2, 0.25) is 5.02 Å². The molecule has 1 heterocycles. The summed E-state index contributed by atoms with van der Waals surface area (Å²) in [7, 11) is 0. The van der Waals surface area contributed by atoms with Gasteiger partial charge in [-0.15, -0.1) is 12.4 Å². The Balaban J connectivity index is 0.00000144. The molecule has 0 aliphatic carbocycles. The number of carbonyl (C=O) groups is 1. The second kappa shape index (κ2) is 5.56. The Morgan fingerprint density at radius 2 is 2.24 bits per heavy atom. The Morgan fingerprint density at radius 3 is 2.88 bits per heavy atom. The molecule has 0 radical (unpaired) electrons. The first kappa shape index (κ1) is 14.1. The number of hydrogen-bond acceptors (Lipinski definition) is 2. The molecule has 1 aliphatic heterocycles. The van der Waals surface area contributed by atoms with E-state index in [-0.39, 0.29) is 24.8 Å². The Hall–Kier alpha value is -1.00. The van der Waals surface area contributed by atoms with Crippen LogP contribution in [-0.4, -0.2) is 12.7 Å². The molecule has 1 N–H and O–H groups in total. The summed E-state index contributed by atoms with van der Waals surface area (Å²) in [5, 5.41) is 2.88. The lowest BCUT2D eigenvalue weighted by molar-refractivity contribution is 0.115. The van der Waals surface area contributed by atoms with Crippen LogP contribution in [0, 0.1) is 12.7 Å². The number of benzene rings is 1. The highest BCUT2D eigenvalue weighted by molar-refractivity contribution is 6.31. The summed E-state index contributed by atoms with van der Waals surface area (Å²) in [6.07, 6.45) is -0.0144. The minimum atomic E-state index is -0.534. The normalized spacial score (nSPS) is 19.0. The zero-order valence-electron chi connectivity index (χ0n) is 9.13. The van der Waals surface area contributed by atoms with Crippen LogP contribution in [0.5, 0.6) is 0 Å². The Bertz CT molecular complexity index is 440. The van der Waals surface area contributed by atoms with Gasteiger partial charge in [-0.25, -0.2) is 9.18 Å². The minimum Gasteiger partial charge on any atom is -0.449 e. The number of aryl methyl sites for hydroxylation is 1. The van der Waals surface area contributed by atoms with Gasteiger partial charge in [-0.1, -0.05) is 17.7 Å². The molecule has 1 aliphatic rings. The molecule has 94 valence electrons. The highest BCUT2D eigenvalue weighted by Gasteiger charge is 2.26. The van der Waals surface area contributed by atoms with E-state index in [2.05, 4.69) is 5.32 Å². The van der Waals surface area contributed by atoms with E-state index in [9.17, 15) is 9.18 Å². The van der Waals surface area contributed by atoms with Crippen molar-refractivity contribution >= 4 is 30.1 Å². The van der Waals surface area contributed by atoms with Crippen molar-refractivity contribution in [1.82, 2.24) is 5.32 Å². The van der Waals surface area contributed by atoms with Crippen molar-refractivity contribution in [3.05, 3.63) is 34.1 Å². The summed E-state index contributed by atoms with van der Waals surface area (Å²) in [4.78, 5) is 11.1. The number of hydrogen-bond donors (Lipinski definition) is 1. The fourth-order valence-electron chi connectivity index (χ4n) is 1.74. The quantitative estimate of drug-likeness (QED) is 0.856. The van der Waals surface area contributed by atoms with Gasteiger partial charge < -0.3 is 10.1 Å². The first-order valence-electron chi connectivity index (χ1n) is 4.97. The average Bonchev–Trinajstić information content (AvgIpc) is 2.24. The van der Waals surface area contributed by atoms with Gasteiger partial charge in [0.2, 0.25) is 0 Å². The number of rotatable bonds is 1. The van der Waals surface area contributed by atoms with E-state index < -0.39 is 12.1 Å². The van der Waals surface area contributed by atoms with Gasteiger partial charge >= 0.3 is 6.09 Å². The summed E-state index contributed by atoms with van der Waals surface area (Å²) >= 11 is 5.95. The van der Waals surface area contributed by atoms with Crippen LogP contribution in [0.4, 0.5) is 9.18 Å². The topological polar surface area (TPSA) is 38.3 Å². The molecule has 0 unspecified atom stereocenters. The maximum atomic E-state index is 13.9. The van der Waals surface area contributed by atoms with Crippen LogP contribution in [0.3, 0.4) is 0 Å². The molecule has 3 nitrogen and oxygen atoms in total. The molecule has 1 aromatic carbocycles. The van der Waals surface area contributed by atoms with Gasteiger partial charge in [-0.2, -0.15) is 0 Å². The van der Waals surface area contributed by atoms with Crippen molar-refractivity contribution in [3.8, 4) is 0 Å². The second-order valence-electron chi connectivity index (χ2n) is 3.71. The fourth-order valence-corrected chi connectivity index (χ4v) is 2.02. The van der Waals surface area contributed by atoms with Gasteiger partial charge in [0, 0.05) is 17.0 Å². The number of cyclic esters (lactones) is 1. The van der Waals surface area contributed by atoms with Crippen molar-refractivity contribution in [2.75, 3.05) is 6.61 Å². The summed E-state index contributed by atoms with van der Waals surface area (Å²) in [5.74, 6) is -0.361. The Morgan fingerprint density at radius 1 is 1.53 bits per heavy atom. The largest absolute Gasteiger partial charge is 0.449 e. The van der Waals surface area contributed by atoms with E-state index >= 15 is 0 Å². The van der Waals surface area contributed by atoms with Gasteiger partial charge in [0.1, 0.15) is 5.82 Å². The van der Waals surface area contributed by atoms with Gasteiger partial charge in [-0.3, -0.25) is 0 Å². The highest BCUT2D eigenvalue weighted by atomic mass is 35.5. The van der Waals surface area contributed by atoms with E-state index in [0.717, 1.165) is 0 Å². The van der Waals surface area contributed by atoms with Gasteiger partial charge in [0.15, 0.2) is 0 Å². The SMILES string of the molecule is Cc1ccc(Cl)c([C@H]2CCOC(=O)N2)c1F.Cl. The summed E-state index contributed by atoms with van der Waals surface area (Å²) in [6, 6.07) is 2.84. The monoisotopic (exact) mass is 279 g/mol. The fraction of sp³-hybridized carbons (Fsp3) is 0.364. The Labute approximate surface area is 110 Å². The summed E-state index contributed by atoms with van der Waals surface area (Å²) in [5.41, 5.74) is 0.860. The summed E-state index contributed by atoms with van der Waals surface area (Å²) in [6.45, 7) is 1.94. The van der Waals surface area contributed by atoms with Crippen molar-refractivity contribution in [1.29, 1.82) is 0 Å². The molecule has 0 bridgehead atoms. The zero-order valence-corrected chi connectivity index (χ0v) is 10.7. The van der Waals surface area contributed by atoms with Crippen LogP contribution in [-0.2, 0) is 4.74 Å². The molecule has 0 aromatic heterocycles. The van der Waals surface area contributed by atoms with Gasteiger partial charge in [0.05, 0.1) is 12.6 Å². The third kappa shape index (κ3) is 2.82. The molecule has 6 heteroatoms. The van der Waals surface area contributed by atoms with Crippen molar-refractivity contribution < 1.29 is 13.9 Å². The number of halogens is 3. The van der Waals surface area contributed by atoms with Crippen molar-refractivity contribution in [2.45, 2.75) is 19.4 Å². The molecule has 0 saturated carbocycles. The van der Waals surface area contributed by atoms with Gasteiger partial charge in [0.25, 0.3) is 0 Å². The summed E-state index contributed by atoms with van der Waals surface area (Å²) < 4.78 is 18.6. The van der Waals surface area contributed by atoms with E-state index in [1.807, 2.05) is 0 Å². The first-order valence-corrected chi connectivity index (χ1v) is 5.35. The van der Waals surface area contributed by atoms with Crippen molar-refractivity contribution in [2.24, 2.45) is 0 Å². The van der Waals surface area contributed by atoms with Crippen molar-refractivity contribution in [3.63, 3.8) is 0 Å². The number of amides is 1. The highest BCUT2D eigenvalue weighted by Crippen LogP contribution is 2.31. The zero-order chi connectivity index (χ0) is 11.7.